The number of methoxy groups -OCH3 is 1. The van der Waals surface area contributed by atoms with E-state index in [-0.39, 0.29) is 0 Å². The molecule has 0 heterocycles. The molecule has 0 amide bonds. The van der Waals surface area contributed by atoms with Crippen LogP contribution in [0.3, 0.4) is 0 Å². The topological polar surface area (TPSA) is 12.5 Å². The zero-order chi connectivity index (χ0) is 12.3. The summed E-state index contributed by atoms with van der Waals surface area (Å²) in [4.78, 5) is 2.57. The number of hydrogen-bond acceptors (Lipinski definition) is 2. The lowest BCUT2D eigenvalue weighted by molar-refractivity contribution is 0.251. The molecule has 1 aliphatic carbocycles. The first kappa shape index (κ1) is 12.9. The van der Waals surface area contributed by atoms with Crippen molar-refractivity contribution in [3.05, 3.63) is 28.2 Å². The molecule has 0 radical (unpaired) electrons. The Bertz CT molecular complexity index is 376. The van der Waals surface area contributed by atoms with Crippen LogP contribution in [0.2, 0.25) is 0 Å². The lowest BCUT2D eigenvalue weighted by atomic mass is 10.2. The molecule has 0 N–H and O–H groups in total. The van der Waals surface area contributed by atoms with E-state index in [1.807, 2.05) is 12.1 Å². The first-order chi connectivity index (χ1) is 8.24. The van der Waals surface area contributed by atoms with Gasteiger partial charge in [-0.1, -0.05) is 22.9 Å². The minimum absolute atomic E-state index is 0.804. The lowest BCUT2D eigenvalue weighted by Gasteiger charge is -2.22. The molecule has 1 fully saturated rings. The van der Waals surface area contributed by atoms with Gasteiger partial charge in [0, 0.05) is 22.6 Å². The molecule has 0 spiro atoms. The van der Waals surface area contributed by atoms with Crippen LogP contribution in [-0.4, -0.2) is 24.6 Å². The van der Waals surface area contributed by atoms with Gasteiger partial charge in [-0.05, 0) is 44.0 Å². The van der Waals surface area contributed by atoms with Crippen molar-refractivity contribution in [3.8, 4) is 5.75 Å². The fourth-order valence-corrected chi connectivity index (χ4v) is 2.62. The summed E-state index contributed by atoms with van der Waals surface area (Å²) in [7, 11) is 1.74. The molecular weight excluding hydrogens is 278 g/mol. The highest BCUT2D eigenvalue weighted by molar-refractivity contribution is 9.10. The second kappa shape index (κ2) is 5.87. The van der Waals surface area contributed by atoms with E-state index in [2.05, 4.69) is 33.8 Å². The highest BCUT2D eigenvalue weighted by Crippen LogP contribution is 2.31. The highest BCUT2D eigenvalue weighted by Gasteiger charge is 2.28. The van der Waals surface area contributed by atoms with Crippen molar-refractivity contribution in [2.24, 2.45) is 0 Å². The van der Waals surface area contributed by atoms with Crippen LogP contribution >= 0.6 is 15.9 Å². The largest absolute Gasteiger partial charge is 0.496 e. The highest BCUT2D eigenvalue weighted by atomic mass is 79.9. The molecule has 0 saturated heterocycles. The Morgan fingerprint density at radius 2 is 2.18 bits per heavy atom. The summed E-state index contributed by atoms with van der Waals surface area (Å²) in [5, 5.41) is 0. The maximum atomic E-state index is 5.43. The molecule has 0 unspecified atom stereocenters. The summed E-state index contributed by atoms with van der Waals surface area (Å²) < 4.78 is 6.56. The van der Waals surface area contributed by atoms with E-state index < -0.39 is 0 Å². The molecule has 0 aromatic heterocycles. The van der Waals surface area contributed by atoms with E-state index in [4.69, 9.17) is 4.74 Å². The maximum Gasteiger partial charge on any atom is 0.123 e. The summed E-state index contributed by atoms with van der Waals surface area (Å²) in [6, 6.07) is 7.04. The molecule has 2 nitrogen and oxygen atoms in total. The van der Waals surface area contributed by atoms with Gasteiger partial charge in [-0.15, -0.1) is 0 Å². The van der Waals surface area contributed by atoms with Crippen LogP contribution in [0.25, 0.3) is 0 Å². The molecule has 1 aliphatic rings. The predicted molar refractivity (Wildman–Crippen MR) is 74.4 cm³/mol. The Labute approximate surface area is 112 Å². The average Bonchev–Trinajstić information content (AvgIpc) is 3.13. The fourth-order valence-electron chi connectivity index (χ4n) is 2.21. The smallest absolute Gasteiger partial charge is 0.123 e. The molecule has 17 heavy (non-hydrogen) atoms. The van der Waals surface area contributed by atoms with E-state index in [1.54, 1.807) is 7.11 Å². The summed E-state index contributed by atoms with van der Waals surface area (Å²) in [5.74, 6) is 0.995. The number of benzene rings is 1. The molecule has 0 atom stereocenters. The molecule has 1 aromatic carbocycles. The second-order valence-electron chi connectivity index (χ2n) is 4.66. The zero-order valence-electron chi connectivity index (χ0n) is 10.6. The van der Waals surface area contributed by atoms with Crippen LogP contribution in [0.4, 0.5) is 0 Å². The van der Waals surface area contributed by atoms with Crippen molar-refractivity contribution < 1.29 is 4.74 Å². The van der Waals surface area contributed by atoms with E-state index in [0.717, 1.165) is 22.8 Å². The third-order valence-electron chi connectivity index (χ3n) is 3.19. The molecule has 0 aliphatic heterocycles. The fraction of sp³-hybridized carbons (Fsp3) is 0.571. The Hall–Kier alpha value is -0.540. The van der Waals surface area contributed by atoms with Crippen molar-refractivity contribution in [2.75, 3.05) is 13.7 Å². The van der Waals surface area contributed by atoms with Crippen LogP contribution in [0, 0.1) is 0 Å². The first-order valence-corrected chi connectivity index (χ1v) is 7.10. The summed E-state index contributed by atoms with van der Waals surface area (Å²) >= 11 is 3.53. The summed E-state index contributed by atoms with van der Waals surface area (Å²) in [6.07, 6.45) is 3.93. The van der Waals surface area contributed by atoms with Crippen molar-refractivity contribution >= 4 is 15.9 Å². The number of ether oxygens (including phenoxy) is 1. The van der Waals surface area contributed by atoms with Gasteiger partial charge < -0.3 is 4.74 Å². The van der Waals surface area contributed by atoms with Gasteiger partial charge in [0.1, 0.15) is 5.75 Å². The molecule has 94 valence electrons. The predicted octanol–water partition coefficient (Wildman–Crippen LogP) is 3.83. The normalized spacial score (nSPS) is 15.3. The Morgan fingerprint density at radius 1 is 1.41 bits per heavy atom. The SMILES string of the molecule is CCCN(Cc1cc(Br)ccc1OC)C1CC1. The van der Waals surface area contributed by atoms with Crippen molar-refractivity contribution in [1.82, 2.24) is 4.90 Å². The lowest BCUT2D eigenvalue weighted by Crippen LogP contribution is -2.26. The van der Waals surface area contributed by atoms with Gasteiger partial charge in [0.25, 0.3) is 0 Å². The van der Waals surface area contributed by atoms with Gasteiger partial charge in [0.05, 0.1) is 7.11 Å². The average molecular weight is 298 g/mol. The van der Waals surface area contributed by atoms with Gasteiger partial charge in [-0.2, -0.15) is 0 Å². The van der Waals surface area contributed by atoms with Crippen molar-refractivity contribution in [1.29, 1.82) is 0 Å². The molecule has 1 aromatic rings. The zero-order valence-corrected chi connectivity index (χ0v) is 12.2. The van der Waals surface area contributed by atoms with E-state index in [9.17, 15) is 0 Å². The Kier molecular flexibility index (Phi) is 4.46. The molecule has 3 heteroatoms. The van der Waals surface area contributed by atoms with Crippen LogP contribution in [0.5, 0.6) is 5.75 Å². The molecule has 2 rings (SSSR count). The second-order valence-corrected chi connectivity index (χ2v) is 5.57. The molecule has 1 saturated carbocycles. The van der Waals surface area contributed by atoms with Crippen molar-refractivity contribution in [2.45, 2.75) is 38.8 Å². The van der Waals surface area contributed by atoms with E-state index in [0.29, 0.717) is 0 Å². The molecule has 0 bridgehead atoms. The third-order valence-corrected chi connectivity index (χ3v) is 3.68. The van der Waals surface area contributed by atoms with Crippen LogP contribution in [0.15, 0.2) is 22.7 Å². The van der Waals surface area contributed by atoms with Crippen LogP contribution < -0.4 is 4.74 Å². The number of halogens is 1. The van der Waals surface area contributed by atoms with Gasteiger partial charge in [0.15, 0.2) is 0 Å². The minimum Gasteiger partial charge on any atom is -0.496 e. The van der Waals surface area contributed by atoms with Gasteiger partial charge in [-0.3, -0.25) is 4.90 Å². The number of nitrogens with zero attached hydrogens (tertiary/aromatic N) is 1. The minimum atomic E-state index is 0.804. The molecular formula is C14H20BrNO. The standard InChI is InChI=1S/C14H20BrNO/c1-3-8-16(13-5-6-13)10-11-9-12(15)4-7-14(11)17-2/h4,7,9,13H,3,5-6,8,10H2,1-2H3. The van der Waals surface area contributed by atoms with E-state index >= 15 is 0 Å². The van der Waals surface area contributed by atoms with Crippen LogP contribution in [-0.2, 0) is 6.54 Å². The quantitative estimate of drug-likeness (QED) is 0.791. The monoisotopic (exact) mass is 297 g/mol. The summed E-state index contributed by atoms with van der Waals surface area (Å²) in [6.45, 7) is 4.43. The Morgan fingerprint density at radius 3 is 2.76 bits per heavy atom. The Balaban J connectivity index is 2.11. The van der Waals surface area contributed by atoms with Gasteiger partial charge >= 0.3 is 0 Å². The van der Waals surface area contributed by atoms with E-state index in [1.165, 1.54) is 31.4 Å². The number of hydrogen-bond donors (Lipinski definition) is 0. The first-order valence-electron chi connectivity index (χ1n) is 6.31. The van der Waals surface area contributed by atoms with Gasteiger partial charge in [-0.25, -0.2) is 0 Å². The summed E-state index contributed by atoms with van der Waals surface area (Å²) in [5.41, 5.74) is 1.28. The third kappa shape index (κ3) is 3.46. The van der Waals surface area contributed by atoms with Gasteiger partial charge in [0.2, 0.25) is 0 Å². The maximum absolute atomic E-state index is 5.43. The van der Waals surface area contributed by atoms with Crippen molar-refractivity contribution in [3.63, 3.8) is 0 Å². The number of rotatable bonds is 6. The van der Waals surface area contributed by atoms with Crippen LogP contribution in [0.1, 0.15) is 31.7 Å².